The van der Waals surface area contributed by atoms with Gasteiger partial charge >= 0.3 is 5.97 Å². The smallest absolute Gasteiger partial charge is 0.315 e. The van der Waals surface area contributed by atoms with Crippen LogP contribution >= 0.6 is 0 Å². The highest BCUT2D eigenvalue weighted by Gasteiger charge is 2.78. The molecule has 2 saturated carbocycles. The molecule has 6 aliphatic rings. The first-order valence-corrected chi connectivity index (χ1v) is 11.5. The minimum absolute atomic E-state index is 0.00542. The molecule has 2 aliphatic carbocycles. The molecule has 1 N–H and O–H groups in total. The van der Waals surface area contributed by atoms with Crippen LogP contribution in [0, 0.1) is 23.2 Å². The number of hydrogen-bond acceptors (Lipinski definition) is 5. The fourth-order valence-electron chi connectivity index (χ4n) is 7.75. The summed E-state index contributed by atoms with van der Waals surface area (Å²) in [5.74, 6) is 0.519. The van der Waals surface area contributed by atoms with Crippen LogP contribution in [-0.2, 0) is 23.7 Å². The van der Waals surface area contributed by atoms with Gasteiger partial charge in [-0.1, -0.05) is 20.3 Å². The van der Waals surface area contributed by atoms with Crippen molar-refractivity contribution >= 4 is 5.97 Å². The van der Waals surface area contributed by atoms with Crippen molar-refractivity contribution in [3.8, 4) is 0 Å². The lowest BCUT2D eigenvalue weighted by Crippen LogP contribution is -3.14. The summed E-state index contributed by atoms with van der Waals surface area (Å²) in [6, 6.07) is 0. The van der Waals surface area contributed by atoms with E-state index < -0.39 is 0 Å². The van der Waals surface area contributed by atoms with Gasteiger partial charge in [-0.25, -0.2) is 0 Å². The van der Waals surface area contributed by atoms with Gasteiger partial charge in [-0.05, 0) is 25.2 Å². The van der Waals surface area contributed by atoms with E-state index >= 15 is 0 Å². The Labute approximate surface area is 167 Å². The Balaban J connectivity index is 1.18. The van der Waals surface area contributed by atoms with Crippen molar-refractivity contribution < 1.29 is 28.6 Å². The molecule has 6 nitrogen and oxygen atoms in total. The number of piperidine rings is 1. The van der Waals surface area contributed by atoms with Crippen molar-refractivity contribution in [1.82, 2.24) is 0 Å². The number of carbonyl (C=O) groups excluding carboxylic acids is 1. The van der Waals surface area contributed by atoms with E-state index in [9.17, 15) is 4.79 Å². The van der Waals surface area contributed by atoms with Gasteiger partial charge in [-0.15, -0.1) is 0 Å². The first-order valence-electron chi connectivity index (χ1n) is 11.5. The number of likely N-dealkylation sites (tertiary alicyclic amines) is 1. The van der Waals surface area contributed by atoms with Crippen LogP contribution in [0.5, 0.6) is 0 Å². The molecule has 28 heavy (non-hydrogen) atoms. The summed E-state index contributed by atoms with van der Waals surface area (Å²) >= 11 is 0. The van der Waals surface area contributed by atoms with E-state index in [1.165, 1.54) is 24.2 Å². The third-order valence-electron chi connectivity index (χ3n) is 9.24. The summed E-state index contributed by atoms with van der Waals surface area (Å²) in [5.41, 5.74) is 0.179. The zero-order valence-corrected chi connectivity index (χ0v) is 17.2. The first kappa shape index (κ1) is 18.1. The minimum atomic E-state index is -0.337. The molecule has 6 rings (SSSR count). The van der Waals surface area contributed by atoms with Gasteiger partial charge < -0.3 is 23.8 Å². The van der Waals surface area contributed by atoms with Crippen LogP contribution in [0.3, 0.4) is 0 Å². The first-order chi connectivity index (χ1) is 13.5. The van der Waals surface area contributed by atoms with E-state index in [4.69, 9.17) is 18.9 Å². The van der Waals surface area contributed by atoms with Gasteiger partial charge in [0.05, 0.1) is 51.8 Å². The predicted octanol–water partition coefficient (Wildman–Crippen LogP) is 0.934. The topological polar surface area (TPSA) is 61.7 Å². The largest absolute Gasteiger partial charge is 0.462 e. The van der Waals surface area contributed by atoms with Crippen molar-refractivity contribution in [2.75, 3.05) is 32.8 Å². The summed E-state index contributed by atoms with van der Waals surface area (Å²) in [5, 5.41) is 0. The molecule has 0 amide bonds. The fraction of sp³-hybridized carbons (Fsp3) is 0.955. The third-order valence-corrected chi connectivity index (χ3v) is 9.24. The standard InChI is InChI=1S/C22H33NO5/c1-14-4-3-5-20(2)12-16-17(18-22(14,20)28-18)15(19(24)27-16)13-23-8-6-21(7-9-23)25-10-11-26-21/h14-18H,3-13H2,1-2H3/p+1/t14-,15+,16+,17+,18-,20+,22-/m0/s1. The summed E-state index contributed by atoms with van der Waals surface area (Å²) in [7, 11) is 0. The Kier molecular flexibility index (Phi) is 3.84. The van der Waals surface area contributed by atoms with Crippen LogP contribution in [0.4, 0.5) is 0 Å². The molecule has 0 unspecified atom stereocenters. The Morgan fingerprint density at radius 1 is 1.14 bits per heavy atom. The molecule has 0 aromatic rings. The average Bonchev–Trinajstić information content (AvgIpc) is 3.16. The minimum Gasteiger partial charge on any atom is -0.462 e. The normalized spacial score (nSPS) is 52.1. The van der Waals surface area contributed by atoms with Crippen molar-refractivity contribution in [2.24, 2.45) is 23.2 Å². The lowest BCUT2D eigenvalue weighted by Gasteiger charge is -2.48. The van der Waals surface area contributed by atoms with E-state index in [0.717, 1.165) is 38.9 Å². The van der Waals surface area contributed by atoms with Crippen LogP contribution in [-0.4, -0.2) is 62.4 Å². The van der Waals surface area contributed by atoms with Gasteiger partial charge in [-0.3, -0.25) is 4.79 Å². The van der Waals surface area contributed by atoms with Crippen LogP contribution in [0.15, 0.2) is 0 Å². The number of ether oxygens (including phenoxy) is 4. The summed E-state index contributed by atoms with van der Waals surface area (Å²) < 4.78 is 24.3. The highest BCUT2D eigenvalue weighted by atomic mass is 16.7. The molecule has 4 aliphatic heterocycles. The van der Waals surface area contributed by atoms with Gasteiger partial charge in [0, 0.05) is 11.3 Å². The molecule has 0 aromatic carbocycles. The van der Waals surface area contributed by atoms with Crippen LogP contribution in [0.25, 0.3) is 0 Å². The monoisotopic (exact) mass is 392 g/mol. The van der Waals surface area contributed by atoms with E-state index in [-0.39, 0.29) is 46.8 Å². The quantitative estimate of drug-likeness (QED) is 0.560. The van der Waals surface area contributed by atoms with Crippen LogP contribution in [0.1, 0.15) is 52.4 Å². The molecule has 6 fully saturated rings. The van der Waals surface area contributed by atoms with Gasteiger partial charge in [0.15, 0.2) is 5.79 Å². The van der Waals surface area contributed by atoms with Crippen molar-refractivity contribution in [3.63, 3.8) is 0 Å². The molecular formula is C22H34NO5+. The average molecular weight is 393 g/mol. The molecular weight excluding hydrogens is 358 g/mol. The molecule has 4 heterocycles. The molecule has 4 saturated heterocycles. The SMILES string of the molecule is C[C@H]1CCC[C@]2(C)C[C@H]3OC(=O)[C@H](C[NH+]4CCC5(CC4)OCCO5)[C@H]3[C@@H]3O[C@@]132. The highest BCUT2D eigenvalue weighted by molar-refractivity contribution is 5.76. The van der Waals surface area contributed by atoms with Crippen molar-refractivity contribution in [1.29, 1.82) is 0 Å². The Hall–Kier alpha value is -0.690. The maximum absolute atomic E-state index is 12.9. The maximum atomic E-state index is 12.9. The molecule has 156 valence electrons. The highest BCUT2D eigenvalue weighted by Crippen LogP contribution is 2.70. The second kappa shape index (κ2) is 5.93. The van der Waals surface area contributed by atoms with E-state index in [1.54, 1.807) is 0 Å². The number of hydrogen-bond donors (Lipinski definition) is 1. The maximum Gasteiger partial charge on any atom is 0.315 e. The Morgan fingerprint density at radius 2 is 1.89 bits per heavy atom. The predicted molar refractivity (Wildman–Crippen MR) is 99.6 cm³/mol. The number of esters is 1. The van der Waals surface area contributed by atoms with E-state index in [1.807, 2.05) is 0 Å². The van der Waals surface area contributed by atoms with Gasteiger partial charge in [0.25, 0.3) is 0 Å². The number of rotatable bonds is 2. The van der Waals surface area contributed by atoms with Crippen LogP contribution in [0.2, 0.25) is 0 Å². The van der Waals surface area contributed by atoms with Crippen molar-refractivity contribution in [3.05, 3.63) is 0 Å². The van der Waals surface area contributed by atoms with Gasteiger partial charge in [0.2, 0.25) is 0 Å². The summed E-state index contributed by atoms with van der Waals surface area (Å²) in [6.07, 6.45) is 6.86. The zero-order chi connectivity index (χ0) is 19.1. The molecule has 0 radical (unpaired) electrons. The molecule has 0 bridgehead atoms. The van der Waals surface area contributed by atoms with Crippen LogP contribution < -0.4 is 4.90 Å². The lowest BCUT2D eigenvalue weighted by molar-refractivity contribution is -0.911. The van der Waals surface area contributed by atoms with E-state index in [2.05, 4.69) is 13.8 Å². The number of fused-ring (bicyclic) bond motifs is 2. The Morgan fingerprint density at radius 3 is 2.64 bits per heavy atom. The lowest BCUT2D eigenvalue weighted by atomic mass is 9.53. The fourth-order valence-corrected chi connectivity index (χ4v) is 7.75. The van der Waals surface area contributed by atoms with Gasteiger partial charge in [-0.2, -0.15) is 0 Å². The van der Waals surface area contributed by atoms with Gasteiger partial charge in [0.1, 0.15) is 17.6 Å². The number of epoxide rings is 1. The molecule has 7 atom stereocenters. The Bertz CT molecular complexity index is 668. The third kappa shape index (κ3) is 2.32. The number of quaternary nitrogens is 1. The summed E-state index contributed by atoms with van der Waals surface area (Å²) in [6.45, 7) is 9.06. The molecule has 2 spiro atoms. The second-order valence-electron chi connectivity index (χ2n) is 10.6. The van der Waals surface area contributed by atoms with E-state index in [0.29, 0.717) is 19.1 Å². The number of carbonyl (C=O) groups is 1. The molecule has 0 aromatic heterocycles. The summed E-state index contributed by atoms with van der Waals surface area (Å²) in [4.78, 5) is 14.4. The molecule has 6 heteroatoms. The number of nitrogens with one attached hydrogen (secondary N) is 1. The van der Waals surface area contributed by atoms with Crippen molar-refractivity contribution in [2.45, 2.75) is 76.0 Å². The second-order valence-corrected chi connectivity index (χ2v) is 10.6. The zero-order valence-electron chi connectivity index (χ0n) is 17.2.